The van der Waals surface area contributed by atoms with Gasteiger partial charge in [-0.05, 0) is 90.0 Å². The van der Waals surface area contributed by atoms with Crippen LogP contribution in [0.5, 0.6) is 23.0 Å². The summed E-state index contributed by atoms with van der Waals surface area (Å²) in [5, 5.41) is 0. The fourth-order valence-electron chi connectivity index (χ4n) is 8.62. The van der Waals surface area contributed by atoms with Crippen molar-refractivity contribution in [3.8, 4) is 56.7 Å². The van der Waals surface area contributed by atoms with Crippen molar-refractivity contribution in [3.63, 3.8) is 0 Å². The normalized spacial score (nSPS) is 12.0. The van der Waals surface area contributed by atoms with E-state index in [1.165, 1.54) is 0 Å². The van der Waals surface area contributed by atoms with Gasteiger partial charge in [0.05, 0.1) is 166 Å². The van der Waals surface area contributed by atoms with Gasteiger partial charge in [0.2, 0.25) is 0 Å². The molecule has 86 heavy (non-hydrogen) atoms. The van der Waals surface area contributed by atoms with Crippen LogP contribution in [0.3, 0.4) is 0 Å². The van der Waals surface area contributed by atoms with E-state index in [1.807, 2.05) is 72.8 Å². The van der Waals surface area contributed by atoms with Crippen LogP contribution in [0.15, 0.2) is 66.7 Å². The predicted octanol–water partition coefficient (Wildman–Crippen LogP) is 9.45. The summed E-state index contributed by atoms with van der Waals surface area (Å²) < 4.78 is 91.5. The summed E-state index contributed by atoms with van der Waals surface area (Å²) in [6, 6.07) is 22.0. The van der Waals surface area contributed by atoms with Gasteiger partial charge in [-0.15, -0.1) is 5.54 Å². The third kappa shape index (κ3) is 23.3. The Balaban J connectivity index is 1.29. The van der Waals surface area contributed by atoms with Crippen LogP contribution >= 0.6 is 0 Å². The molecule has 3 aromatic heterocycles. The molecule has 0 saturated heterocycles. The molecule has 2 N–H and O–H groups in total. The summed E-state index contributed by atoms with van der Waals surface area (Å²) in [6.45, 7) is 16.9. The lowest BCUT2D eigenvalue weighted by Crippen LogP contribution is -2.16. The fraction of sp³-hybridized carbons (Fsp3) is 0.477. The molecule has 0 radical (unpaired) electrons. The third-order valence-electron chi connectivity index (χ3n) is 12.7. The van der Waals surface area contributed by atoms with Crippen molar-refractivity contribution in [3.05, 3.63) is 95.1 Å². The van der Waals surface area contributed by atoms with Crippen molar-refractivity contribution in [2.45, 2.75) is 19.6 Å². The van der Waals surface area contributed by atoms with Crippen LogP contribution in [0.2, 0.25) is 19.6 Å². The largest absolute Gasteiger partial charge is 0.491 e. The van der Waals surface area contributed by atoms with Crippen LogP contribution in [-0.4, -0.2) is 215 Å². The van der Waals surface area contributed by atoms with Crippen LogP contribution in [0.25, 0.3) is 68.6 Å². The van der Waals surface area contributed by atoms with Crippen molar-refractivity contribution < 1.29 is 75.8 Å². The van der Waals surface area contributed by atoms with E-state index in [9.17, 15) is 0 Å². The molecule has 466 valence electrons. The second-order valence-corrected chi connectivity index (χ2v) is 25.3. The number of rotatable bonds is 42. The molecular weight excluding hydrogens is 1120 g/mol. The summed E-state index contributed by atoms with van der Waals surface area (Å²) in [4.78, 5) is 18.2. The lowest BCUT2D eigenvalue weighted by Gasteiger charge is -2.14. The third-order valence-corrected chi connectivity index (χ3v) is 13.6. The van der Waals surface area contributed by atoms with Crippen molar-refractivity contribution >= 4 is 54.4 Å². The van der Waals surface area contributed by atoms with E-state index in [4.69, 9.17) is 85.8 Å². The Hall–Kier alpha value is -6.46. The number of benzene rings is 2. The molecule has 5 heterocycles. The molecule has 2 aliphatic rings. The fourth-order valence-corrected chi connectivity index (χ4v) is 9.12. The number of nitrogens with zero attached hydrogens (tertiary/aromatic N) is 2. The minimum absolute atomic E-state index is 0.294. The molecule has 5 aromatic rings. The Labute approximate surface area is 506 Å². The smallest absolute Gasteiger partial charge is 0.129 e. The Kier molecular flexibility index (Phi) is 29.6. The van der Waals surface area contributed by atoms with Gasteiger partial charge < -0.3 is 85.8 Å². The van der Waals surface area contributed by atoms with E-state index in [1.54, 1.807) is 28.4 Å². The Morgan fingerprint density at radius 1 is 0.360 bits per heavy atom. The lowest BCUT2D eigenvalue weighted by atomic mass is 10.0. The maximum atomic E-state index is 6.39. The van der Waals surface area contributed by atoms with E-state index in [0.717, 1.165) is 61.3 Å². The number of hydrogen-bond donors (Lipinski definition) is 2. The first-order valence-corrected chi connectivity index (χ1v) is 32.7. The van der Waals surface area contributed by atoms with Gasteiger partial charge in [-0.3, -0.25) is 0 Å². The average molecular weight is 1210 g/mol. The highest BCUT2D eigenvalue weighted by Crippen LogP contribution is 2.38. The van der Waals surface area contributed by atoms with Gasteiger partial charge in [-0.1, -0.05) is 25.6 Å². The molecule has 0 saturated carbocycles. The summed E-state index contributed by atoms with van der Waals surface area (Å²) in [6.07, 6.45) is 8.09. The predicted molar refractivity (Wildman–Crippen MR) is 336 cm³/mol. The van der Waals surface area contributed by atoms with Crippen LogP contribution in [-0.2, 0) is 56.8 Å². The van der Waals surface area contributed by atoms with Gasteiger partial charge >= 0.3 is 0 Å². The van der Waals surface area contributed by atoms with Gasteiger partial charge in [-0.25, -0.2) is 9.97 Å². The van der Waals surface area contributed by atoms with Gasteiger partial charge in [0.25, 0.3) is 0 Å². The molecule has 2 aromatic carbocycles. The molecule has 0 amide bonds. The molecule has 0 unspecified atom stereocenters. The van der Waals surface area contributed by atoms with Crippen LogP contribution in [0.4, 0.5) is 0 Å². The lowest BCUT2D eigenvalue weighted by molar-refractivity contribution is 0.0174. The molecule has 7 rings (SSSR count). The molecule has 8 bridgehead atoms. The van der Waals surface area contributed by atoms with E-state index in [2.05, 4.69) is 59.3 Å². The van der Waals surface area contributed by atoms with E-state index < -0.39 is 8.07 Å². The minimum atomic E-state index is -1.92. The Bertz CT molecular complexity index is 2960. The van der Waals surface area contributed by atoms with E-state index in [0.29, 0.717) is 193 Å². The number of aromatic amines is 2. The van der Waals surface area contributed by atoms with Gasteiger partial charge in [0, 0.05) is 68.2 Å². The van der Waals surface area contributed by atoms with Gasteiger partial charge in [0.15, 0.2) is 0 Å². The molecule has 0 spiro atoms. The maximum Gasteiger partial charge on any atom is 0.129 e. The highest BCUT2D eigenvalue weighted by molar-refractivity contribution is 6.83. The second kappa shape index (κ2) is 38.0. The van der Waals surface area contributed by atoms with Gasteiger partial charge in [0.1, 0.15) is 57.5 Å². The monoisotopic (exact) mass is 1210 g/mol. The second-order valence-electron chi connectivity index (χ2n) is 20.5. The van der Waals surface area contributed by atoms with Gasteiger partial charge in [-0.2, -0.15) is 0 Å². The molecule has 0 fully saturated rings. The number of ether oxygens (including phenoxy) is 16. The molecule has 0 atom stereocenters. The Morgan fingerprint density at radius 3 is 1.13 bits per heavy atom. The number of H-pyrrole nitrogens is 2. The first-order valence-electron chi connectivity index (χ1n) is 29.2. The highest BCUT2D eigenvalue weighted by Gasteiger charge is 2.19. The topological polar surface area (TPSA) is 205 Å². The average Bonchev–Trinajstić information content (AvgIpc) is 2.73. The van der Waals surface area contributed by atoms with Crippen LogP contribution in [0, 0.1) is 11.5 Å². The molecular formula is C65H86N4O16Si. The highest BCUT2D eigenvalue weighted by atomic mass is 28.3. The van der Waals surface area contributed by atoms with E-state index in [-0.39, 0.29) is 0 Å². The number of hydrogen-bond acceptors (Lipinski definition) is 18. The number of nitrogens with one attached hydrogen (secondary N) is 2. The summed E-state index contributed by atoms with van der Waals surface area (Å²) >= 11 is 0. The molecule has 0 aliphatic carbocycles. The van der Waals surface area contributed by atoms with Crippen molar-refractivity contribution in [1.82, 2.24) is 19.9 Å². The zero-order valence-corrected chi connectivity index (χ0v) is 52.1. The summed E-state index contributed by atoms with van der Waals surface area (Å²) in [5.74, 6) is 5.97. The number of aromatic nitrogens is 4. The minimum Gasteiger partial charge on any atom is -0.491 e. The van der Waals surface area contributed by atoms with Crippen molar-refractivity contribution in [1.29, 1.82) is 0 Å². The maximum absolute atomic E-state index is 6.39. The molecule has 2 aliphatic heterocycles. The van der Waals surface area contributed by atoms with Crippen molar-refractivity contribution in [2.24, 2.45) is 0 Å². The number of fused-ring (bicyclic) bond motifs is 8. The summed E-state index contributed by atoms with van der Waals surface area (Å²) in [5.41, 5.74) is 13.7. The van der Waals surface area contributed by atoms with Crippen LogP contribution in [0.1, 0.15) is 28.3 Å². The first kappa shape index (κ1) is 67.1. The van der Waals surface area contributed by atoms with Crippen molar-refractivity contribution in [2.75, 3.05) is 187 Å². The molecule has 20 nitrogen and oxygen atoms in total. The quantitative estimate of drug-likeness (QED) is 0.0208. The standard InChI is InChI=1S/C65H86N4O16Si/c1-70-17-21-74-25-29-78-33-37-82-53-42-49(43-54(47-53)83-38-34-79-30-26-75-22-18-71-2)64-60-10-8-51(66-60)46-52-9-11-61(67-52)65(63-15-13-59(69-63)57(16-41-86(5,6)7)58-12-14-62(64)68-58)50-44-55(84-39-35-80-31-27-76-23-19-72-3)48-56(45-50)85-40-36-81-32-28-77-24-20-73-4/h8-15,42-48,66,69H,17-40H2,1-7H3. The zero-order valence-electron chi connectivity index (χ0n) is 51.1. The SMILES string of the molecule is COCCOCCOCCOc1cc(OCCOCCOCCOC)cc(-c2c3nc(c(C#C[Si](C)(C)C)c4ccc([nH]4)c(-c4cc(OCCOCCOCCOC)cc(OCCOCCOCCOC)c4)c4nc(cc5ccc2[nH]5)C=C4)C=C3)c1. The first-order chi connectivity index (χ1) is 42.1. The number of methoxy groups -OCH3 is 4. The summed E-state index contributed by atoms with van der Waals surface area (Å²) in [7, 11) is 4.66. The van der Waals surface area contributed by atoms with Crippen LogP contribution < -0.4 is 18.9 Å². The zero-order chi connectivity index (χ0) is 60.4. The van der Waals surface area contributed by atoms with E-state index >= 15 is 0 Å². The Morgan fingerprint density at radius 2 is 0.709 bits per heavy atom. The molecule has 21 heteroatoms.